The van der Waals surface area contributed by atoms with Crippen LogP contribution in [0, 0.1) is 0 Å². The Labute approximate surface area is 136 Å². The monoisotopic (exact) mass is 317 g/mol. The number of hydrogen-bond acceptors (Lipinski definition) is 4. The van der Waals surface area contributed by atoms with E-state index in [4.69, 9.17) is 9.47 Å². The van der Waals surface area contributed by atoms with Gasteiger partial charge in [-0.1, -0.05) is 36.9 Å². The van der Waals surface area contributed by atoms with Crippen molar-refractivity contribution >= 4 is 12.1 Å². The van der Waals surface area contributed by atoms with E-state index in [1.807, 2.05) is 30.3 Å². The summed E-state index contributed by atoms with van der Waals surface area (Å²) in [5, 5.41) is 2.83. The van der Waals surface area contributed by atoms with Crippen LogP contribution in [0.4, 0.5) is 4.79 Å². The molecule has 1 saturated heterocycles. The molecule has 0 saturated carbocycles. The van der Waals surface area contributed by atoms with Gasteiger partial charge in [0.2, 0.25) is 0 Å². The molecule has 1 aromatic carbocycles. The number of rotatable bonds is 4. The molecular weight excluding hydrogens is 294 g/mol. The van der Waals surface area contributed by atoms with Crippen molar-refractivity contribution in [3.8, 4) is 0 Å². The van der Waals surface area contributed by atoms with E-state index in [0.29, 0.717) is 18.4 Å². The number of carbonyl (C=O) groups excluding carboxylic acids is 2. The molecule has 0 bridgehead atoms. The highest BCUT2D eigenvalue weighted by Crippen LogP contribution is 2.23. The van der Waals surface area contributed by atoms with Gasteiger partial charge in [0.1, 0.15) is 11.7 Å². The Bertz CT molecular complexity index is 573. The Morgan fingerprint density at radius 1 is 1.39 bits per heavy atom. The van der Waals surface area contributed by atoms with Gasteiger partial charge in [0.25, 0.3) is 0 Å². The van der Waals surface area contributed by atoms with E-state index >= 15 is 0 Å². The maximum Gasteiger partial charge on any atom is 0.408 e. The SMILES string of the molecule is C=C1C[C@H]([C@H](Cc2ccccc2)NC(=O)OC(C)(C)C)OC1=O. The second-order valence-electron chi connectivity index (χ2n) is 6.69. The lowest BCUT2D eigenvalue weighted by Crippen LogP contribution is -2.46. The molecule has 124 valence electrons. The van der Waals surface area contributed by atoms with Crippen LogP contribution in [0.2, 0.25) is 0 Å². The van der Waals surface area contributed by atoms with Crippen LogP contribution in [0.3, 0.4) is 0 Å². The van der Waals surface area contributed by atoms with E-state index in [0.717, 1.165) is 5.56 Å². The molecule has 0 spiro atoms. The van der Waals surface area contributed by atoms with Crippen LogP contribution in [0.5, 0.6) is 0 Å². The lowest BCUT2D eigenvalue weighted by atomic mass is 9.98. The fourth-order valence-electron chi connectivity index (χ4n) is 2.42. The van der Waals surface area contributed by atoms with Crippen molar-refractivity contribution in [3.63, 3.8) is 0 Å². The van der Waals surface area contributed by atoms with E-state index in [2.05, 4.69) is 11.9 Å². The highest BCUT2D eigenvalue weighted by Gasteiger charge is 2.35. The Morgan fingerprint density at radius 2 is 2.04 bits per heavy atom. The maximum absolute atomic E-state index is 12.1. The van der Waals surface area contributed by atoms with Crippen molar-refractivity contribution in [2.45, 2.75) is 51.4 Å². The third kappa shape index (κ3) is 5.13. The molecule has 2 rings (SSSR count). The molecule has 0 aromatic heterocycles. The summed E-state index contributed by atoms with van der Waals surface area (Å²) in [4.78, 5) is 23.7. The van der Waals surface area contributed by atoms with Gasteiger partial charge < -0.3 is 14.8 Å². The van der Waals surface area contributed by atoms with Gasteiger partial charge in [-0.2, -0.15) is 0 Å². The van der Waals surface area contributed by atoms with Crippen molar-refractivity contribution in [2.75, 3.05) is 0 Å². The van der Waals surface area contributed by atoms with Gasteiger partial charge in [0.05, 0.1) is 6.04 Å². The summed E-state index contributed by atoms with van der Waals surface area (Å²) in [6.45, 7) is 9.10. The van der Waals surface area contributed by atoms with Crippen LogP contribution in [-0.2, 0) is 20.7 Å². The molecule has 0 unspecified atom stereocenters. The standard InChI is InChI=1S/C18H23NO4/c1-12-10-15(22-16(12)20)14(11-13-8-6-5-7-9-13)19-17(21)23-18(2,3)4/h5-9,14-15H,1,10-11H2,2-4H3,(H,19,21)/t14-,15+/m0/s1. The molecule has 2 atom stereocenters. The second kappa shape index (κ2) is 6.86. The summed E-state index contributed by atoms with van der Waals surface area (Å²) in [6, 6.07) is 9.36. The van der Waals surface area contributed by atoms with Crippen LogP contribution >= 0.6 is 0 Å². The van der Waals surface area contributed by atoms with Crippen molar-refractivity contribution in [2.24, 2.45) is 0 Å². The molecule has 23 heavy (non-hydrogen) atoms. The number of carbonyl (C=O) groups is 2. The third-order valence-corrected chi connectivity index (χ3v) is 3.44. The van der Waals surface area contributed by atoms with Crippen molar-refractivity contribution in [1.29, 1.82) is 0 Å². The number of cyclic esters (lactones) is 1. The van der Waals surface area contributed by atoms with Crippen molar-refractivity contribution in [1.82, 2.24) is 5.32 Å². The minimum atomic E-state index is -0.586. The van der Waals surface area contributed by atoms with Gasteiger partial charge in [-0.3, -0.25) is 0 Å². The molecule has 1 aliphatic rings. The van der Waals surface area contributed by atoms with E-state index < -0.39 is 23.8 Å². The smallest absolute Gasteiger partial charge is 0.408 e. The molecule has 5 nitrogen and oxygen atoms in total. The van der Waals surface area contributed by atoms with Gasteiger partial charge in [-0.25, -0.2) is 9.59 Å². The van der Waals surface area contributed by atoms with Crippen LogP contribution in [0.1, 0.15) is 32.8 Å². The number of esters is 1. The first-order chi connectivity index (χ1) is 10.7. The summed E-state index contributed by atoms with van der Waals surface area (Å²) in [6.07, 6.45) is 0.00646. The Morgan fingerprint density at radius 3 is 2.57 bits per heavy atom. The summed E-state index contributed by atoms with van der Waals surface area (Å²) >= 11 is 0. The minimum absolute atomic E-state index is 0.365. The van der Waals surface area contributed by atoms with Crippen molar-refractivity contribution < 1.29 is 19.1 Å². The molecule has 0 aliphatic carbocycles. The number of hydrogen-bond donors (Lipinski definition) is 1. The van der Waals surface area contributed by atoms with Crippen LogP contribution < -0.4 is 5.32 Å². The average molecular weight is 317 g/mol. The van der Waals surface area contributed by atoms with Gasteiger partial charge in [-0.05, 0) is 32.8 Å². The predicted octanol–water partition coefficient (Wildman–Crippen LogP) is 2.99. The summed E-state index contributed by atoms with van der Waals surface area (Å²) in [5.74, 6) is -0.404. The fourth-order valence-corrected chi connectivity index (χ4v) is 2.42. The van der Waals surface area contributed by atoms with E-state index in [9.17, 15) is 9.59 Å². The normalized spacial score (nSPS) is 19.2. The molecule has 1 heterocycles. The van der Waals surface area contributed by atoms with E-state index in [1.165, 1.54) is 0 Å². The molecule has 1 fully saturated rings. The Balaban J connectivity index is 2.10. The highest BCUT2D eigenvalue weighted by molar-refractivity contribution is 5.90. The fraction of sp³-hybridized carbons (Fsp3) is 0.444. The summed E-state index contributed by atoms with van der Waals surface area (Å²) in [7, 11) is 0. The largest absolute Gasteiger partial charge is 0.456 e. The zero-order valence-corrected chi connectivity index (χ0v) is 13.8. The molecule has 5 heteroatoms. The van der Waals surface area contributed by atoms with Crippen LogP contribution in [0.25, 0.3) is 0 Å². The topological polar surface area (TPSA) is 64.6 Å². The number of amides is 1. The van der Waals surface area contributed by atoms with Gasteiger partial charge >= 0.3 is 12.1 Å². The highest BCUT2D eigenvalue weighted by atomic mass is 16.6. The minimum Gasteiger partial charge on any atom is -0.456 e. The molecule has 0 radical (unpaired) electrons. The first-order valence-corrected chi connectivity index (χ1v) is 7.67. The number of nitrogens with one attached hydrogen (secondary N) is 1. The van der Waals surface area contributed by atoms with Gasteiger partial charge in [0.15, 0.2) is 0 Å². The molecule has 1 aliphatic heterocycles. The van der Waals surface area contributed by atoms with E-state index in [1.54, 1.807) is 20.8 Å². The van der Waals surface area contributed by atoms with Crippen molar-refractivity contribution in [3.05, 3.63) is 48.0 Å². The zero-order chi connectivity index (χ0) is 17.0. The zero-order valence-electron chi connectivity index (χ0n) is 13.8. The lowest BCUT2D eigenvalue weighted by molar-refractivity contribution is -0.139. The first-order valence-electron chi connectivity index (χ1n) is 7.67. The Kier molecular flexibility index (Phi) is 5.08. The Hall–Kier alpha value is -2.30. The number of alkyl carbamates (subject to hydrolysis) is 1. The molecule has 1 amide bonds. The first kappa shape index (κ1) is 17.1. The molecule has 1 N–H and O–H groups in total. The van der Waals surface area contributed by atoms with Gasteiger partial charge in [0, 0.05) is 12.0 Å². The quantitative estimate of drug-likeness (QED) is 0.685. The average Bonchev–Trinajstić information content (AvgIpc) is 2.77. The number of ether oxygens (including phenoxy) is 2. The second-order valence-corrected chi connectivity index (χ2v) is 6.69. The molecule has 1 aromatic rings. The predicted molar refractivity (Wildman–Crippen MR) is 86.9 cm³/mol. The lowest BCUT2D eigenvalue weighted by Gasteiger charge is -2.26. The van der Waals surface area contributed by atoms with E-state index in [-0.39, 0.29) is 6.04 Å². The maximum atomic E-state index is 12.1. The third-order valence-electron chi connectivity index (χ3n) is 3.44. The van der Waals surface area contributed by atoms with Crippen LogP contribution in [-0.4, -0.2) is 29.8 Å². The number of benzene rings is 1. The van der Waals surface area contributed by atoms with Gasteiger partial charge in [-0.15, -0.1) is 0 Å². The molecular formula is C18H23NO4. The summed E-state index contributed by atoms with van der Waals surface area (Å²) in [5.41, 5.74) is 0.887. The summed E-state index contributed by atoms with van der Waals surface area (Å²) < 4.78 is 10.6. The van der Waals surface area contributed by atoms with Crippen LogP contribution in [0.15, 0.2) is 42.5 Å².